The molecule has 0 spiro atoms. The topological polar surface area (TPSA) is 15.3 Å². The van der Waals surface area contributed by atoms with Gasteiger partial charge in [0.1, 0.15) is 0 Å². The van der Waals surface area contributed by atoms with E-state index in [2.05, 4.69) is 31.1 Å². The average molecular weight is 266 g/mol. The van der Waals surface area contributed by atoms with E-state index in [9.17, 15) is 0 Å². The van der Waals surface area contributed by atoms with Gasteiger partial charge in [0.15, 0.2) is 0 Å². The van der Waals surface area contributed by atoms with Crippen LogP contribution in [0, 0.1) is 17.3 Å². The van der Waals surface area contributed by atoms with Crippen LogP contribution in [0.2, 0.25) is 0 Å². The molecule has 0 aromatic carbocycles. The molecule has 2 aliphatic rings. The van der Waals surface area contributed by atoms with Gasteiger partial charge in [0.25, 0.3) is 0 Å². The number of nitrogens with one attached hydrogen (secondary N) is 1. The molecular formula is C17H34N2. The van der Waals surface area contributed by atoms with Crippen molar-refractivity contribution in [3.8, 4) is 0 Å². The van der Waals surface area contributed by atoms with Crippen LogP contribution in [0.4, 0.5) is 0 Å². The second-order valence-corrected chi connectivity index (χ2v) is 7.52. The summed E-state index contributed by atoms with van der Waals surface area (Å²) in [5.41, 5.74) is 0.552. The maximum atomic E-state index is 3.71. The summed E-state index contributed by atoms with van der Waals surface area (Å²) in [6.45, 7) is 9.79. The average Bonchev–Trinajstić information content (AvgIpc) is 3.13. The van der Waals surface area contributed by atoms with Crippen LogP contribution in [0.5, 0.6) is 0 Å². The summed E-state index contributed by atoms with van der Waals surface area (Å²) in [5, 5.41) is 3.71. The molecule has 2 heteroatoms. The highest BCUT2D eigenvalue weighted by atomic mass is 15.1. The molecular weight excluding hydrogens is 232 g/mol. The molecule has 2 aliphatic carbocycles. The maximum absolute atomic E-state index is 3.71. The fraction of sp³-hybridized carbons (Fsp3) is 1.00. The molecule has 2 unspecified atom stereocenters. The highest BCUT2D eigenvalue weighted by Gasteiger charge is 2.36. The van der Waals surface area contributed by atoms with E-state index in [0.29, 0.717) is 5.41 Å². The van der Waals surface area contributed by atoms with E-state index >= 15 is 0 Å². The molecule has 0 aromatic rings. The molecule has 0 saturated heterocycles. The summed E-state index contributed by atoms with van der Waals surface area (Å²) in [7, 11) is 2.35. The third-order valence-electron chi connectivity index (χ3n) is 4.98. The van der Waals surface area contributed by atoms with E-state index in [1.165, 1.54) is 71.1 Å². The van der Waals surface area contributed by atoms with Gasteiger partial charge in [-0.1, -0.05) is 26.7 Å². The normalized spacial score (nSPS) is 31.9. The fourth-order valence-corrected chi connectivity index (χ4v) is 4.04. The first-order valence-corrected chi connectivity index (χ1v) is 8.53. The van der Waals surface area contributed by atoms with Crippen molar-refractivity contribution in [1.82, 2.24) is 10.2 Å². The smallest absolute Gasteiger partial charge is 0.00473 e. The van der Waals surface area contributed by atoms with E-state index in [4.69, 9.17) is 0 Å². The monoisotopic (exact) mass is 266 g/mol. The van der Waals surface area contributed by atoms with Crippen LogP contribution in [-0.4, -0.2) is 38.1 Å². The first-order chi connectivity index (χ1) is 9.13. The van der Waals surface area contributed by atoms with Crippen LogP contribution in [0.25, 0.3) is 0 Å². The minimum atomic E-state index is 0.552. The molecule has 0 aromatic heterocycles. The molecule has 0 aliphatic heterocycles. The van der Waals surface area contributed by atoms with Gasteiger partial charge in [-0.2, -0.15) is 0 Å². The first kappa shape index (κ1) is 15.3. The largest absolute Gasteiger partial charge is 0.316 e. The van der Waals surface area contributed by atoms with Crippen LogP contribution < -0.4 is 5.32 Å². The summed E-state index contributed by atoms with van der Waals surface area (Å²) in [5.74, 6) is 1.94. The quantitative estimate of drug-likeness (QED) is 0.676. The molecule has 2 atom stereocenters. The predicted octanol–water partition coefficient (Wildman–Crippen LogP) is 3.52. The van der Waals surface area contributed by atoms with Crippen LogP contribution >= 0.6 is 0 Å². The first-order valence-electron chi connectivity index (χ1n) is 8.53. The molecule has 112 valence electrons. The Morgan fingerprint density at radius 2 is 2.05 bits per heavy atom. The molecule has 2 nitrogen and oxygen atoms in total. The van der Waals surface area contributed by atoms with Crippen molar-refractivity contribution in [3.05, 3.63) is 0 Å². The van der Waals surface area contributed by atoms with Crippen molar-refractivity contribution in [1.29, 1.82) is 0 Å². The number of rotatable bonds is 8. The van der Waals surface area contributed by atoms with Crippen molar-refractivity contribution >= 4 is 0 Å². The second-order valence-electron chi connectivity index (χ2n) is 7.52. The van der Waals surface area contributed by atoms with Crippen molar-refractivity contribution in [3.63, 3.8) is 0 Å². The van der Waals surface area contributed by atoms with Crippen LogP contribution in [0.15, 0.2) is 0 Å². The van der Waals surface area contributed by atoms with Gasteiger partial charge >= 0.3 is 0 Å². The third-order valence-corrected chi connectivity index (χ3v) is 4.98. The SMILES string of the molecule is CCCNCC1(CN(C)CC2CC2)CCCC(C)C1. The number of nitrogens with zero attached hydrogens (tertiary/aromatic N) is 1. The Morgan fingerprint density at radius 1 is 1.26 bits per heavy atom. The lowest BCUT2D eigenvalue weighted by molar-refractivity contribution is 0.0901. The lowest BCUT2D eigenvalue weighted by Gasteiger charge is -2.43. The van der Waals surface area contributed by atoms with Gasteiger partial charge in [0.2, 0.25) is 0 Å². The van der Waals surface area contributed by atoms with Gasteiger partial charge in [-0.05, 0) is 62.9 Å². The minimum Gasteiger partial charge on any atom is -0.316 e. The molecule has 0 amide bonds. The summed E-state index contributed by atoms with van der Waals surface area (Å²) >= 11 is 0. The standard InChI is InChI=1S/C17H34N2/c1-4-10-18-13-17(9-5-6-15(2)11-17)14-19(3)12-16-7-8-16/h15-16,18H,4-14H2,1-3H3. The fourth-order valence-electron chi connectivity index (χ4n) is 4.04. The molecule has 2 fully saturated rings. The molecule has 2 rings (SSSR count). The van der Waals surface area contributed by atoms with Crippen LogP contribution in [0.3, 0.4) is 0 Å². The number of hydrogen-bond acceptors (Lipinski definition) is 2. The highest BCUT2D eigenvalue weighted by molar-refractivity contribution is 4.90. The Kier molecular flexibility index (Phi) is 5.70. The van der Waals surface area contributed by atoms with E-state index in [1.54, 1.807) is 0 Å². The molecule has 1 N–H and O–H groups in total. The molecule has 2 saturated carbocycles. The lowest BCUT2D eigenvalue weighted by atomic mass is 9.69. The summed E-state index contributed by atoms with van der Waals surface area (Å²) < 4.78 is 0. The molecule has 19 heavy (non-hydrogen) atoms. The van der Waals surface area contributed by atoms with E-state index < -0.39 is 0 Å². The van der Waals surface area contributed by atoms with Gasteiger partial charge in [-0.15, -0.1) is 0 Å². The van der Waals surface area contributed by atoms with Crippen molar-refractivity contribution in [2.45, 2.75) is 58.8 Å². The zero-order valence-electron chi connectivity index (χ0n) is 13.4. The van der Waals surface area contributed by atoms with Crippen LogP contribution in [0.1, 0.15) is 58.8 Å². The third kappa shape index (κ3) is 5.07. The Balaban J connectivity index is 1.87. The summed E-state index contributed by atoms with van der Waals surface area (Å²) in [6.07, 6.45) is 9.95. The summed E-state index contributed by atoms with van der Waals surface area (Å²) in [6, 6.07) is 0. The second kappa shape index (κ2) is 7.08. The van der Waals surface area contributed by atoms with Crippen molar-refractivity contribution in [2.75, 3.05) is 33.2 Å². The minimum absolute atomic E-state index is 0.552. The van der Waals surface area contributed by atoms with E-state index in [0.717, 1.165) is 11.8 Å². The lowest BCUT2D eigenvalue weighted by Crippen LogP contribution is -2.46. The van der Waals surface area contributed by atoms with Gasteiger partial charge in [-0.25, -0.2) is 0 Å². The summed E-state index contributed by atoms with van der Waals surface area (Å²) in [4.78, 5) is 2.63. The van der Waals surface area contributed by atoms with E-state index in [-0.39, 0.29) is 0 Å². The van der Waals surface area contributed by atoms with Crippen molar-refractivity contribution in [2.24, 2.45) is 17.3 Å². The number of hydrogen-bond donors (Lipinski definition) is 1. The Labute approximate surface area is 120 Å². The van der Waals surface area contributed by atoms with E-state index in [1.807, 2.05) is 0 Å². The molecule has 0 radical (unpaired) electrons. The highest BCUT2D eigenvalue weighted by Crippen LogP contribution is 2.40. The van der Waals surface area contributed by atoms with Crippen LogP contribution in [-0.2, 0) is 0 Å². The predicted molar refractivity (Wildman–Crippen MR) is 83.4 cm³/mol. The van der Waals surface area contributed by atoms with Gasteiger partial charge in [0.05, 0.1) is 0 Å². The Bertz CT molecular complexity index is 262. The molecule has 0 heterocycles. The Morgan fingerprint density at radius 3 is 2.68 bits per heavy atom. The zero-order chi connectivity index (χ0) is 13.7. The Hall–Kier alpha value is -0.0800. The van der Waals surface area contributed by atoms with Gasteiger partial charge < -0.3 is 10.2 Å². The maximum Gasteiger partial charge on any atom is 0.00473 e. The molecule has 0 bridgehead atoms. The van der Waals surface area contributed by atoms with Gasteiger partial charge in [0, 0.05) is 19.6 Å². The van der Waals surface area contributed by atoms with Crippen molar-refractivity contribution < 1.29 is 0 Å². The van der Waals surface area contributed by atoms with Gasteiger partial charge in [-0.3, -0.25) is 0 Å². The zero-order valence-corrected chi connectivity index (χ0v) is 13.4.